The maximum absolute atomic E-state index is 15.3. The van der Waals surface area contributed by atoms with Gasteiger partial charge in [0.15, 0.2) is 6.29 Å². The van der Waals surface area contributed by atoms with E-state index in [4.69, 9.17) is 9.72 Å². The molecular weight excluding hydrogens is 876 g/mol. The number of carbonyl (C=O) groups is 6. The number of halogens is 1. The number of rotatable bonds is 18. The van der Waals surface area contributed by atoms with E-state index in [2.05, 4.69) is 44.5 Å². The summed E-state index contributed by atoms with van der Waals surface area (Å²) in [7, 11) is 0. The van der Waals surface area contributed by atoms with Crippen LogP contribution in [0.15, 0.2) is 47.3 Å². The number of benzene rings is 2. The number of thiol groups is 1. The van der Waals surface area contributed by atoms with Gasteiger partial charge in [-0.2, -0.15) is 12.6 Å². The minimum Gasteiger partial charge on any atom is -0.380 e. The second kappa shape index (κ2) is 20.5. The van der Waals surface area contributed by atoms with Gasteiger partial charge in [-0.05, 0) is 66.7 Å². The fraction of sp³-hybridized carbons (Fsp3) is 0.435. The number of fused-ring (bicyclic) bond motifs is 5. The van der Waals surface area contributed by atoms with Gasteiger partial charge in [0.05, 0.1) is 55.7 Å². The summed E-state index contributed by atoms with van der Waals surface area (Å²) in [5, 5.41) is 38.5. The van der Waals surface area contributed by atoms with Crippen molar-refractivity contribution in [3.05, 3.63) is 97.6 Å². The van der Waals surface area contributed by atoms with Crippen LogP contribution in [0.2, 0.25) is 0 Å². The molecule has 4 heterocycles. The SMILES string of the molecule is CC[C@]1(O)c2cc3n(c(=O)c2COC1O)Cc1c-3nc2cc(F)c(C)c3c2c1[C@@H](NC(=O)CCCNC(=O)CNC(=O)C(Cc1ccccc1)NC(=O)CNC(=O)CNC(=O)CCS)CC3. The lowest BCUT2D eigenvalue weighted by atomic mass is 9.81. The Morgan fingerprint density at radius 3 is 2.39 bits per heavy atom. The number of aryl methyl sites for hydroxylation is 1. The van der Waals surface area contributed by atoms with Crippen LogP contribution < -0.4 is 37.5 Å². The van der Waals surface area contributed by atoms with Crippen LogP contribution >= 0.6 is 12.6 Å². The number of pyridine rings is 2. The topological polar surface area (TPSA) is 259 Å². The summed E-state index contributed by atoms with van der Waals surface area (Å²) in [6.07, 6.45) is -0.0645. The zero-order valence-corrected chi connectivity index (χ0v) is 37.4. The quantitative estimate of drug-likeness (QED) is 0.0437. The van der Waals surface area contributed by atoms with Gasteiger partial charge in [0.25, 0.3) is 5.56 Å². The zero-order chi connectivity index (χ0) is 47.3. The lowest BCUT2D eigenvalue weighted by Gasteiger charge is -2.37. The highest BCUT2D eigenvalue weighted by atomic mass is 32.1. The first-order valence-corrected chi connectivity index (χ1v) is 22.5. The van der Waals surface area contributed by atoms with Crippen LogP contribution in [0.3, 0.4) is 0 Å². The van der Waals surface area contributed by atoms with Gasteiger partial charge in [-0.25, -0.2) is 9.37 Å². The van der Waals surface area contributed by atoms with Gasteiger partial charge in [0, 0.05) is 54.0 Å². The molecule has 2 aromatic heterocycles. The summed E-state index contributed by atoms with van der Waals surface area (Å²) in [6, 6.07) is 10.3. The molecule has 0 radical (unpaired) electrons. The summed E-state index contributed by atoms with van der Waals surface area (Å²) in [6.45, 7) is 2.20. The van der Waals surface area contributed by atoms with E-state index in [9.17, 15) is 43.8 Å². The van der Waals surface area contributed by atoms with Crippen molar-refractivity contribution in [1.82, 2.24) is 41.5 Å². The van der Waals surface area contributed by atoms with Gasteiger partial charge >= 0.3 is 0 Å². The number of ether oxygens (including phenoxy) is 1. The Morgan fingerprint density at radius 1 is 0.939 bits per heavy atom. The van der Waals surface area contributed by atoms with Crippen molar-refractivity contribution >= 4 is 59.0 Å². The Kier molecular flexibility index (Phi) is 14.8. The normalized spacial score (nSPS) is 18.3. The fourth-order valence-electron chi connectivity index (χ4n) is 8.82. The molecule has 0 fully saturated rings. The monoisotopic (exact) mass is 928 g/mol. The zero-order valence-electron chi connectivity index (χ0n) is 36.6. The fourth-order valence-corrected chi connectivity index (χ4v) is 9.03. The smallest absolute Gasteiger partial charge is 0.257 e. The van der Waals surface area contributed by atoms with E-state index < -0.39 is 72.1 Å². The van der Waals surface area contributed by atoms with E-state index in [1.807, 2.05) is 0 Å². The molecule has 0 saturated carbocycles. The molecule has 6 amide bonds. The van der Waals surface area contributed by atoms with Crippen molar-refractivity contribution in [1.29, 1.82) is 0 Å². The number of hydrogen-bond donors (Lipinski definition) is 9. The molecular formula is C46H53FN8O10S. The molecule has 2 unspecified atom stereocenters. The second-order valence-corrected chi connectivity index (χ2v) is 17.1. The second-order valence-electron chi connectivity index (χ2n) is 16.6. The van der Waals surface area contributed by atoms with Gasteiger partial charge in [-0.15, -0.1) is 0 Å². The van der Waals surface area contributed by atoms with Crippen molar-refractivity contribution in [3.63, 3.8) is 0 Å². The summed E-state index contributed by atoms with van der Waals surface area (Å²) >= 11 is 3.96. The minimum atomic E-state index is -1.83. The Labute approximate surface area is 384 Å². The first kappa shape index (κ1) is 47.7. The Hall–Kier alpha value is -6.22. The third-order valence-corrected chi connectivity index (χ3v) is 12.6. The maximum Gasteiger partial charge on any atom is 0.257 e. The minimum absolute atomic E-state index is 0.0307. The molecule has 2 aliphatic heterocycles. The number of hydrogen-bond acceptors (Lipinski definition) is 12. The lowest BCUT2D eigenvalue weighted by molar-refractivity contribution is -0.236. The average Bonchev–Trinajstić information content (AvgIpc) is 3.67. The van der Waals surface area contributed by atoms with Gasteiger partial charge < -0.3 is 51.4 Å². The van der Waals surface area contributed by atoms with Gasteiger partial charge in [0.2, 0.25) is 35.4 Å². The van der Waals surface area contributed by atoms with Crippen LogP contribution in [0, 0.1) is 12.7 Å². The van der Waals surface area contributed by atoms with Crippen molar-refractivity contribution in [2.45, 2.75) is 95.9 Å². The predicted octanol–water partition coefficient (Wildman–Crippen LogP) is 0.715. The van der Waals surface area contributed by atoms with Gasteiger partial charge in [-0.3, -0.25) is 33.6 Å². The van der Waals surface area contributed by atoms with Crippen molar-refractivity contribution in [2.24, 2.45) is 0 Å². The van der Waals surface area contributed by atoms with E-state index in [1.165, 1.54) is 10.6 Å². The van der Waals surface area contributed by atoms with Crippen molar-refractivity contribution in [2.75, 3.05) is 31.9 Å². The summed E-state index contributed by atoms with van der Waals surface area (Å²) in [4.78, 5) is 94.9. The van der Waals surface area contributed by atoms with Crippen LogP contribution in [0.1, 0.15) is 84.0 Å². The van der Waals surface area contributed by atoms with Gasteiger partial charge in [0.1, 0.15) is 17.5 Å². The standard InChI is InChI=1S/C46H53FN8O10S/c1-3-46(64)29-17-34-42-27(22-55(34)44(62)28(29)23-65-45(46)63)41-31(12-11-26-24(2)30(47)18-32(54-42)40(26)41)52-36(57)10-7-14-48-37(58)20-51-43(61)33(16-25-8-5-4-6-9-25)53-39(60)21-50-38(59)19-49-35(56)13-15-66/h4-6,8-9,17-18,31,33,45,63-64,66H,3,7,10-16,19-23H2,1-2H3,(H,48,58)(H,49,56)(H,50,59)(H,51,61)(H,52,57)(H,53,60)/t31-,33?,45?,46-/m0/s1. The molecule has 350 valence electrons. The molecule has 1 aliphatic carbocycles. The highest BCUT2D eigenvalue weighted by molar-refractivity contribution is 7.80. The molecule has 4 atom stereocenters. The maximum atomic E-state index is 15.3. The number of aromatic nitrogens is 2. The van der Waals surface area contributed by atoms with E-state index in [-0.39, 0.29) is 81.3 Å². The van der Waals surface area contributed by atoms with E-state index in [1.54, 1.807) is 50.2 Å². The van der Waals surface area contributed by atoms with Gasteiger partial charge in [-0.1, -0.05) is 37.3 Å². The van der Waals surface area contributed by atoms with Crippen molar-refractivity contribution in [3.8, 4) is 11.4 Å². The summed E-state index contributed by atoms with van der Waals surface area (Å²) in [5.74, 6) is -3.22. The summed E-state index contributed by atoms with van der Waals surface area (Å²) < 4.78 is 22.3. The first-order valence-electron chi connectivity index (χ1n) is 21.9. The average molecular weight is 929 g/mol. The van der Waals surface area contributed by atoms with Crippen LogP contribution in [-0.2, 0) is 65.1 Å². The number of amides is 6. The lowest BCUT2D eigenvalue weighted by Crippen LogP contribution is -2.52. The molecule has 66 heavy (non-hydrogen) atoms. The van der Waals surface area contributed by atoms with Crippen LogP contribution in [0.25, 0.3) is 22.3 Å². The molecule has 8 N–H and O–H groups in total. The number of nitrogens with one attached hydrogen (secondary N) is 6. The van der Waals surface area contributed by atoms with Crippen molar-refractivity contribution < 1.29 is 48.1 Å². The number of carbonyl (C=O) groups excluding carboxylic acids is 6. The number of nitrogens with zero attached hydrogens (tertiary/aromatic N) is 2. The molecule has 7 rings (SSSR count). The molecule has 0 spiro atoms. The third kappa shape index (κ3) is 10.1. The van der Waals surface area contributed by atoms with Crippen LogP contribution in [-0.4, -0.2) is 99.5 Å². The molecule has 0 bridgehead atoms. The Balaban J connectivity index is 0.958. The Morgan fingerprint density at radius 2 is 1.65 bits per heavy atom. The van der Waals surface area contributed by atoms with Crippen LogP contribution in [0.4, 0.5) is 4.39 Å². The van der Waals surface area contributed by atoms with E-state index in [0.29, 0.717) is 52.0 Å². The number of aliphatic hydroxyl groups excluding tert-OH is 1. The predicted molar refractivity (Wildman–Crippen MR) is 241 cm³/mol. The molecule has 3 aliphatic rings. The largest absolute Gasteiger partial charge is 0.380 e. The van der Waals surface area contributed by atoms with E-state index >= 15 is 4.39 Å². The number of aliphatic hydroxyl groups is 2. The third-order valence-electron chi connectivity index (χ3n) is 12.4. The molecule has 18 nitrogen and oxygen atoms in total. The van der Waals surface area contributed by atoms with E-state index in [0.717, 1.165) is 16.7 Å². The molecule has 0 saturated heterocycles. The molecule has 20 heteroatoms. The Bertz CT molecular complexity index is 2650. The summed E-state index contributed by atoms with van der Waals surface area (Å²) in [5.41, 5.74) is 2.83. The highest BCUT2D eigenvalue weighted by Gasteiger charge is 2.45. The van der Waals surface area contributed by atoms with Crippen LogP contribution in [0.5, 0.6) is 0 Å². The molecule has 2 aromatic carbocycles. The molecule has 4 aromatic rings. The highest BCUT2D eigenvalue weighted by Crippen LogP contribution is 2.46. The first-order chi connectivity index (χ1) is 31.6.